The van der Waals surface area contributed by atoms with E-state index >= 15 is 0 Å². The van der Waals surface area contributed by atoms with Gasteiger partial charge in [0.25, 0.3) is 0 Å². The van der Waals surface area contributed by atoms with Gasteiger partial charge in [0, 0.05) is 11.1 Å². The molecule has 0 fully saturated rings. The summed E-state index contributed by atoms with van der Waals surface area (Å²) in [7, 11) is -4.43. The number of benzene rings is 2. The zero-order chi connectivity index (χ0) is 14.8. The van der Waals surface area contributed by atoms with Crippen molar-refractivity contribution in [3.63, 3.8) is 0 Å². The second kappa shape index (κ2) is 5.69. The quantitative estimate of drug-likeness (QED) is 0.591. The van der Waals surface area contributed by atoms with Gasteiger partial charge in [0.05, 0.1) is 0 Å². The van der Waals surface area contributed by atoms with E-state index in [2.05, 4.69) is 0 Å². The Hall–Kier alpha value is -1.78. The lowest BCUT2D eigenvalue weighted by Crippen LogP contribution is -2.11. The fraction of sp³-hybridized carbons (Fsp3) is 0.0714. The normalized spacial score (nSPS) is 12.9. The zero-order valence-electron chi connectivity index (χ0n) is 10.5. The summed E-state index contributed by atoms with van der Waals surface area (Å²) in [5, 5.41) is 0. The first-order valence-corrected chi connectivity index (χ1v) is 7.58. The van der Waals surface area contributed by atoms with Crippen molar-refractivity contribution in [3.8, 4) is 0 Å². The molecule has 5 nitrogen and oxygen atoms in total. The third kappa shape index (κ3) is 3.21. The molecule has 2 aromatic rings. The maximum atomic E-state index is 12.2. The summed E-state index contributed by atoms with van der Waals surface area (Å²) in [4.78, 5) is 30.4. The van der Waals surface area contributed by atoms with Crippen molar-refractivity contribution >= 4 is 13.4 Å². The van der Waals surface area contributed by atoms with Gasteiger partial charge in [-0.3, -0.25) is 9.36 Å². The zero-order valence-corrected chi connectivity index (χ0v) is 11.4. The highest BCUT2D eigenvalue weighted by Crippen LogP contribution is 2.48. The second-order valence-electron chi connectivity index (χ2n) is 4.35. The predicted molar refractivity (Wildman–Crippen MR) is 75.3 cm³/mol. The molecule has 0 spiro atoms. The van der Waals surface area contributed by atoms with Crippen molar-refractivity contribution in [2.24, 2.45) is 5.73 Å². The van der Waals surface area contributed by atoms with E-state index in [1.807, 2.05) is 0 Å². The number of rotatable bonds is 4. The van der Waals surface area contributed by atoms with E-state index in [0.29, 0.717) is 11.1 Å². The lowest BCUT2D eigenvalue weighted by Gasteiger charge is -2.14. The Morgan fingerprint density at radius 1 is 1.00 bits per heavy atom. The Labute approximate surface area is 116 Å². The first kappa shape index (κ1) is 14.6. The van der Waals surface area contributed by atoms with Crippen molar-refractivity contribution in [2.45, 2.75) is 5.78 Å². The molecule has 0 heterocycles. The van der Waals surface area contributed by atoms with Gasteiger partial charge in [-0.25, -0.2) is 0 Å². The van der Waals surface area contributed by atoms with Crippen molar-refractivity contribution in [2.75, 3.05) is 0 Å². The number of carbonyl (C=O) groups excluding carboxylic acids is 1. The van der Waals surface area contributed by atoms with Crippen LogP contribution in [0, 0.1) is 0 Å². The molecule has 2 rings (SSSR count). The highest BCUT2D eigenvalue weighted by atomic mass is 31.2. The number of hydrogen-bond donors (Lipinski definition) is 3. The molecule has 4 N–H and O–H groups in total. The van der Waals surface area contributed by atoms with Gasteiger partial charge < -0.3 is 15.5 Å². The molecule has 0 amide bonds. The van der Waals surface area contributed by atoms with E-state index in [1.54, 1.807) is 42.5 Å². The van der Waals surface area contributed by atoms with Crippen LogP contribution < -0.4 is 5.73 Å². The molecule has 0 aliphatic heterocycles. The molecule has 0 aliphatic rings. The summed E-state index contributed by atoms with van der Waals surface area (Å²) in [6.45, 7) is 0. The summed E-state index contributed by atoms with van der Waals surface area (Å²) in [6, 6.07) is 14.7. The maximum absolute atomic E-state index is 12.2. The SMILES string of the molecule is NC(c1cccc(C(=O)c2ccccc2)c1)P(=O)(O)O. The Morgan fingerprint density at radius 2 is 1.60 bits per heavy atom. The maximum Gasteiger partial charge on any atom is 0.346 e. The molecule has 0 saturated heterocycles. The molecular weight excluding hydrogens is 277 g/mol. The van der Waals surface area contributed by atoms with E-state index < -0.39 is 13.4 Å². The molecule has 1 atom stereocenters. The third-order valence-electron chi connectivity index (χ3n) is 2.89. The Kier molecular flexibility index (Phi) is 4.16. The van der Waals surface area contributed by atoms with Gasteiger partial charge in [0.1, 0.15) is 5.78 Å². The molecule has 0 bridgehead atoms. The first-order valence-electron chi connectivity index (χ1n) is 5.90. The molecule has 0 radical (unpaired) electrons. The standard InChI is InChI=1S/C14H14NO4P/c15-14(20(17,18)19)12-8-4-7-11(9-12)13(16)10-5-2-1-3-6-10/h1-9,14H,15H2,(H2,17,18,19). The van der Waals surface area contributed by atoms with Gasteiger partial charge in [-0.1, -0.05) is 48.5 Å². The van der Waals surface area contributed by atoms with E-state index in [-0.39, 0.29) is 11.3 Å². The van der Waals surface area contributed by atoms with Gasteiger partial charge in [-0.2, -0.15) is 0 Å². The highest BCUT2D eigenvalue weighted by molar-refractivity contribution is 7.52. The molecule has 104 valence electrons. The highest BCUT2D eigenvalue weighted by Gasteiger charge is 2.26. The van der Waals surface area contributed by atoms with Crippen molar-refractivity contribution in [1.29, 1.82) is 0 Å². The van der Waals surface area contributed by atoms with Crippen LogP contribution in [0.4, 0.5) is 0 Å². The first-order chi connectivity index (χ1) is 9.39. The Morgan fingerprint density at radius 3 is 2.20 bits per heavy atom. The van der Waals surface area contributed by atoms with E-state index in [0.717, 1.165) is 0 Å². The van der Waals surface area contributed by atoms with Crippen LogP contribution in [0.1, 0.15) is 27.3 Å². The monoisotopic (exact) mass is 291 g/mol. The van der Waals surface area contributed by atoms with Crippen LogP contribution in [0.5, 0.6) is 0 Å². The largest absolute Gasteiger partial charge is 0.346 e. The lowest BCUT2D eigenvalue weighted by molar-refractivity contribution is 0.103. The average molecular weight is 291 g/mol. The van der Waals surface area contributed by atoms with Crippen LogP contribution >= 0.6 is 7.60 Å². The minimum absolute atomic E-state index is 0.217. The van der Waals surface area contributed by atoms with Crippen LogP contribution in [0.2, 0.25) is 0 Å². The topological polar surface area (TPSA) is 101 Å². The fourth-order valence-electron chi connectivity index (χ4n) is 1.81. The molecular formula is C14H14NO4P. The fourth-order valence-corrected chi connectivity index (χ4v) is 2.36. The van der Waals surface area contributed by atoms with Gasteiger partial charge in [-0.05, 0) is 11.6 Å². The Balaban J connectivity index is 2.36. The lowest BCUT2D eigenvalue weighted by atomic mass is 10.0. The van der Waals surface area contributed by atoms with E-state index in [1.165, 1.54) is 12.1 Å². The summed E-state index contributed by atoms with van der Waals surface area (Å²) in [5.41, 5.74) is 6.60. The van der Waals surface area contributed by atoms with Crippen LogP contribution in [0.25, 0.3) is 0 Å². The van der Waals surface area contributed by atoms with Crippen LogP contribution in [-0.4, -0.2) is 15.6 Å². The number of carbonyl (C=O) groups is 1. The second-order valence-corrected chi connectivity index (χ2v) is 6.09. The summed E-state index contributed by atoms with van der Waals surface area (Å²) in [6.07, 6.45) is 0. The average Bonchev–Trinajstić information content (AvgIpc) is 2.46. The van der Waals surface area contributed by atoms with E-state index in [4.69, 9.17) is 15.5 Å². The minimum atomic E-state index is -4.43. The molecule has 0 saturated carbocycles. The molecule has 20 heavy (non-hydrogen) atoms. The third-order valence-corrected chi connectivity index (χ3v) is 3.91. The van der Waals surface area contributed by atoms with Gasteiger partial charge in [0.15, 0.2) is 5.78 Å². The summed E-state index contributed by atoms with van der Waals surface area (Å²) < 4.78 is 11.2. The minimum Gasteiger partial charge on any atom is -0.323 e. The Bertz CT molecular complexity index is 666. The van der Waals surface area contributed by atoms with Gasteiger partial charge >= 0.3 is 7.60 Å². The van der Waals surface area contributed by atoms with Crippen molar-refractivity contribution < 1.29 is 19.1 Å². The van der Waals surface area contributed by atoms with Crippen LogP contribution in [0.15, 0.2) is 54.6 Å². The molecule has 1 unspecified atom stereocenters. The van der Waals surface area contributed by atoms with Crippen LogP contribution in [-0.2, 0) is 4.57 Å². The number of ketones is 1. The molecule has 0 aromatic heterocycles. The van der Waals surface area contributed by atoms with Crippen molar-refractivity contribution in [1.82, 2.24) is 0 Å². The summed E-state index contributed by atoms with van der Waals surface area (Å²) >= 11 is 0. The van der Waals surface area contributed by atoms with Crippen molar-refractivity contribution in [3.05, 3.63) is 71.3 Å². The van der Waals surface area contributed by atoms with Gasteiger partial charge in [0.2, 0.25) is 0 Å². The molecule has 6 heteroatoms. The van der Waals surface area contributed by atoms with Crippen LogP contribution in [0.3, 0.4) is 0 Å². The van der Waals surface area contributed by atoms with E-state index in [9.17, 15) is 9.36 Å². The molecule has 0 aliphatic carbocycles. The smallest absolute Gasteiger partial charge is 0.323 e. The summed E-state index contributed by atoms with van der Waals surface area (Å²) in [5.74, 6) is -1.64. The number of hydrogen-bond acceptors (Lipinski definition) is 3. The number of nitrogens with two attached hydrogens (primary N) is 1. The predicted octanol–water partition coefficient (Wildman–Crippen LogP) is 2.05. The van der Waals surface area contributed by atoms with Gasteiger partial charge in [-0.15, -0.1) is 0 Å². The molecule has 2 aromatic carbocycles.